The van der Waals surface area contributed by atoms with Gasteiger partial charge in [0.2, 0.25) is 0 Å². The minimum absolute atomic E-state index is 0.0545. The van der Waals surface area contributed by atoms with Gasteiger partial charge in [-0.1, -0.05) is 66.2 Å². The van der Waals surface area contributed by atoms with Crippen molar-refractivity contribution in [2.75, 3.05) is 0 Å². The standard InChI is InChI=1S/C24H22ClFN2OS2/c1-4-20-15(3)21-22(31-20)27-24(30-13-17-18(25)6-5-7-19(17)26)28(23(21)29)12-16-10-8-14(2)9-11-16/h5-11H,4,12-13H2,1-3H3. The third-order valence-electron chi connectivity index (χ3n) is 5.30. The third-order valence-corrected chi connectivity index (χ3v) is 7.99. The van der Waals surface area contributed by atoms with E-state index in [9.17, 15) is 9.18 Å². The van der Waals surface area contributed by atoms with E-state index in [1.54, 1.807) is 28.0 Å². The highest BCUT2D eigenvalue weighted by Crippen LogP contribution is 2.32. The molecule has 0 radical (unpaired) electrons. The summed E-state index contributed by atoms with van der Waals surface area (Å²) < 4.78 is 16.0. The number of aryl methyl sites for hydroxylation is 3. The zero-order chi connectivity index (χ0) is 22.1. The molecule has 0 atom stereocenters. The number of rotatable bonds is 6. The van der Waals surface area contributed by atoms with E-state index < -0.39 is 0 Å². The van der Waals surface area contributed by atoms with Gasteiger partial charge in [0, 0.05) is 21.2 Å². The largest absolute Gasteiger partial charge is 0.283 e. The van der Waals surface area contributed by atoms with E-state index in [-0.39, 0.29) is 11.4 Å². The molecule has 0 aliphatic carbocycles. The van der Waals surface area contributed by atoms with Gasteiger partial charge in [-0.3, -0.25) is 9.36 Å². The van der Waals surface area contributed by atoms with Crippen molar-refractivity contribution in [1.82, 2.24) is 9.55 Å². The van der Waals surface area contributed by atoms with Crippen molar-refractivity contribution in [3.63, 3.8) is 0 Å². The molecule has 0 saturated heterocycles. The van der Waals surface area contributed by atoms with Crippen molar-refractivity contribution in [3.05, 3.63) is 90.8 Å². The highest BCUT2D eigenvalue weighted by Gasteiger charge is 2.19. The number of hydrogen-bond donors (Lipinski definition) is 0. The Labute approximate surface area is 193 Å². The van der Waals surface area contributed by atoms with Gasteiger partial charge in [0.1, 0.15) is 10.6 Å². The van der Waals surface area contributed by atoms with Crippen LogP contribution in [0.2, 0.25) is 5.02 Å². The maximum absolute atomic E-state index is 14.3. The van der Waals surface area contributed by atoms with Crippen molar-refractivity contribution < 1.29 is 4.39 Å². The molecule has 0 fully saturated rings. The Bertz CT molecular complexity index is 1290. The van der Waals surface area contributed by atoms with Gasteiger partial charge in [-0.25, -0.2) is 9.37 Å². The Morgan fingerprint density at radius 2 is 1.90 bits per heavy atom. The number of halogens is 2. The molecule has 0 N–H and O–H groups in total. The zero-order valence-electron chi connectivity index (χ0n) is 17.5. The van der Waals surface area contributed by atoms with Crippen LogP contribution in [0.4, 0.5) is 4.39 Å². The number of fused-ring (bicyclic) bond motifs is 1. The summed E-state index contributed by atoms with van der Waals surface area (Å²) in [6.07, 6.45) is 0.859. The lowest BCUT2D eigenvalue weighted by Gasteiger charge is -2.13. The zero-order valence-corrected chi connectivity index (χ0v) is 19.9. The summed E-state index contributed by atoms with van der Waals surface area (Å²) >= 11 is 9.11. The third kappa shape index (κ3) is 4.43. The first-order valence-corrected chi connectivity index (χ1v) is 12.2. The van der Waals surface area contributed by atoms with Crippen LogP contribution < -0.4 is 5.56 Å². The second-order valence-electron chi connectivity index (χ2n) is 7.44. The first kappa shape index (κ1) is 22.1. The molecule has 31 heavy (non-hydrogen) atoms. The van der Waals surface area contributed by atoms with E-state index >= 15 is 0 Å². The smallest absolute Gasteiger partial charge is 0.263 e. The predicted molar refractivity (Wildman–Crippen MR) is 129 cm³/mol. The lowest BCUT2D eigenvalue weighted by atomic mass is 10.1. The van der Waals surface area contributed by atoms with Crippen LogP contribution in [0.15, 0.2) is 52.4 Å². The van der Waals surface area contributed by atoms with Crippen LogP contribution >= 0.6 is 34.7 Å². The molecule has 0 amide bonds. The van der Waals surface area contributed by atoms with Crippen LogP contribution in [-0.4, -0.2) is 9.55 Å². The fourth-order valence-electron chi connectivity index (χ4n) is 3.51. The topological polar surface area (TPSA) is 34.9 Å². The highest BCUT2D eigenvalue weighted by molar-refractivity contribution is 7.98. The lowest BCUT2D eigenvalue weighted by molar-refractivity contribution is 0.617. The Morgan fingerprint density at radius 1 is 1.16 bits per heavy atom. The highest BCUT2D eigenvalue weighted by atomic mass is 35.5. The molecule has 4 rings (SSSR count). The fraction of sp³-hybridized carbons (Fsp3) is 0.250. The summed E-state index contributed by atoms with van der Waals surface area (Å²) in [6.45, 7) is 6.51. The molecular formula is C24H22ClFN2OS2. The maximum atomic E-state index is 14.3. The molecule has 0 spiro atoms. The summed E-state index contributed by atoms with van der Waals surface area (Å²) in [5.41, 5.74) is 3.55. The summed E-state index contributed by atoms with van der Waals surface area (Å²) in [4.78, 5) is 20.3. The molecule has 0 bridgehead atoms. The molecule has 0 saturated carbocycles. The monoisotopic (exact) mass is 472 g/mol. The van der Waals surface area contributed by atoms with Crippen molar-refractivity contribution in [1.29, 1.82) is 0 Å². The molecule has 4 aromatic rings. The minimum atomic E-state index is -0.353. The first-order chi connectivity index (χ1) is 14.9. The second kappa shape index (κ2) is 9.15. The normalized spacial score (nSPS) is 11.4. The Morgan fingerprint density at radius 3 is 2.58 bits per heavy atom. The molecule has 0 aliphatic rings. The summed E-state index contributed by atoms with van der Waals surface area (Å²) in [5, 5.41) is 1.63. The maximum Gasteiger partial charge on any atom is 0.263 e. The number of hydrogen-bond acceptors (Lipinski definition) is 4. The number of thiophene rings is 1. The van der Waals surface area contributed by atoms with E-state index in [0.29, 0.717) is 33.4 Å². The van der Waals surface area contributed by atoms with Crippen LogP contribution in [-0.2, 0) is 18.7 Å². The average molecular weight is 473 g/mol. The van der Waals surface area contributed by atoms with Gasteiger partial charge in [-0.2, -0.15) is 0 Å². The Balaban J connectivity index is 1.81. The van der Waals surface area contributed by atoms with Crippen molar-refractivity contribution in [3.8, 4) is 0 Å². The molecule has 2 aromatic heterocycles. The summed E-state index contributed by atoms with van der Waals surface area (Å²) in [5.74, 6) is -0.0590. The van der Waals surface area contributed by atoms with E-state index in [0.717, 1.165) is 27.9 Å². The molecule has 0 unspecified atom stereocenters. The van der Waals surface area contributed by atoms with Crippen LogP contribution in [0, 0.1) is 19.7 Å². The number of nitrogens with zero attached hydrogens (tertiary/aromatic N) is 2. The average Bonchev–Trinajstić information content (AvgIpc) is 3.07. The van der Waals surface area contributed by atoms with Crippen LogP contribution in [0.5, 0.6) is 0 Å². The van der Waals surface area contributed by atoms with Gasteiger partial charge in [-0.05, 0) is 43.5 Å². The van der Waals surface area contributed by atoms with Crippen molar-refractivity contribution >= 4 is 44.9 Å². The van der Waals surface area contributed by atoms with Gasteiger partial charge in [0.05, 0.1) is 11.9 Å². The Hall–Kier alpha value is -2.15. The number of thioether (sulfide) groups is 1. The van der Waals surface area contributed by atoms with Crippen LogP contribution in [0.25, 0.3) is 10.2 Å². The SMILES string of the molecule is CCc1sc2nc(SCc3c(F)cccc3Cl)n(Cc3ccc(C)cc3)c(=O)c2c1C. The van der Waals surface area contributed by atoms with E-state index in [2.05, 4.69) is 6.92 Å². The predicted octanol–water partition coefficient (Wildman–Crippen LogP) is 6.77. The lowest BCUT2D eigenvalue weighted by Crippen LogP contribution is -2.24. The van der Waals surface area contributed by atoms with E-state index in [4.69, 9.17) is 16.6 Å². The van der Waals surface area contributed by atoms with Crippen LogP contribution in [0.3, 0.4) is 0 Å². The van der Waals surface area contributed by atoms with E-state index in [1.807, 2.05) is 38.1 Å². The molecule has 3 nitrogen and oxygen atoms in total. The molecule has 7 heteroatoms. The first-order valence-electron chi connectivity index (χ1n) is 10.0. The molecular weight excluding hydrogens is 451 g/mol. The van der Waals surface area contributed by atoms with Gasteiger partial charge in [-0.15, -0.1) is 11.3 Å². The quantitative estimate of drug-likeness (QED) is 0.229. The van der Waals surface area contributed by atoms with Gasteiger partial charge in [0.25, 0.3) is 5.56 Å². The summed E-state index contributed by atoms with van der Waals surface area (Å²) in [6, 6.07) is 12.8. The molecule has 0 aliphatic heterocycles. The van der Waals surface area contributed by atoms with Crippen molar-refractivity contribution in [2.45, 2.75) is 44.6 Å². The van der Waals surface area contributed by atoms with Crippen LogP contribution in [0.1, 0.15) is 34.1 Å². The second-order valence-corrected chi connectivity index (χ2v) is 9.88. The van der Waals surface area contributed by atoms with Gasteiger partial charge >= 0.3 is 0 Å². The van der Waals surface area contributed by atoms with Gasteiger partial charge < -0.3 is 0 Å². The number of aromatic nitrogens is 2. The van der Waals surface area contributed by atoms with E-state index in [1.165, 1.54) is 22.7 Å². The summed E-state index contributed by atoms with van der Waals surface area (Å²) in [7, 11) is 0. The molecule has 160 valence electrons. The fourth-order valence-corrected chi connectivity index (χ4v) is 6.01. The van der Waals surface area contributed by atoms with Gasteiger partial charge in [0.15, 0.2) is 5.16 Å². The Kier molecular flexibility index (Phi) is 6.51. The number of benzene rings is 2. The van der Waals surface area contributed by atoms with Crippen molar-refractivity contribution in [2.24, 2.45) is 0 Å². The molecule has 2 aromatic carbocycles. The minimum Gasteiger partial charge on any atom is -0.283 e. The molecule has 2 heterocycles.